The molecule has 2 rings (SSSR count). The van der Waals surface area contributed by atoms with Gasteiger partial charge in [0, 0.05) is 17.3 Å². The average molecular weight is 224 g/mol. The molecule has 1 N–H and O–H groups in total. The summed E-state index contributed by atoms with van der Waals surface area (Å²) in [6, 6.07) is 3.07. The van der Waals surface area contributed by atoms with Crippen molar-refractivity contribution in [2.75, 3.05) is 0 Å². The van der Waals surface area contributed by atoms with Crippen molar-refractivity contribution in [3.63, 3.8) is 0 Å². The second-order valence-corrected chi connectivity index (χ2v) is 3.60. The molecule has 1 aromatic carbocycles. The molecule has 2 aromatic rings. The fourth-order valence-corrected chi connectivity index (χ4v) is 1.46. The van der Waals surface area contributed by atoms with E-state index in [2.05, 4.69) is 5.10 Å². The second-order valence-electron chi connectivity index (χ2n) is 3.60. The molecule has 1 heterocycles. The quantitative estimate of drug-likeness (QED) is 0.791. The van der Waals surface area contributed by atoms with Gasteiger partial charge in [-0.2, -0.15) is 0 Å². The first-order valence-electron chi connectivity index (χ1n) is 4.74. The van der Waals surface area contributed by atoms with Gasteiger partial charge in [0.25, 0.3) is 5.56 Å². The normalized spacial score (nSPS) is 10.8. The summed E-state index contributed by atoms with van der Waals surface area (Å²) >= 11 is 0. The summed E-state index contributed by atoms with van der Waals surface area (Å²) in [6.45, 7) is 3.36. The highest BCUT2D eigenvalue weighted by Crippen LogP contribution is 2.13. The predicted octanol–water partition coefficient (Wildman–Crippen LogP) is 2.06. The summed E-state index contributed by atoms with van der Waals surface area (Å²) in [5.41, 5.74) is 0.864. The van der Waals surface area contributed by atoms with Crippen LogP contribution in [0.25, 0.3) is 5.69 Å². The lowest BCUT2D eigenvalue weighted by molar-refractivity contribution is 0.572. The summed E-state index contributed by atoms with van der Waals surface area (Å²) in [4.78, 5) is 11.7. The van der Waals surface area contributed by atoms with Crippen LogP contribution in [0.4, 0.5) is 8.78 Å². The molecule has 0 bridgehead atoms. The van der Waals surface area contributed by atoms with Crippen molar-refractivity contribution < 1.29 is 8.78 Å². The Morgan fingerprint density at radius 2 is 1.94 bits per heavy atom. The van der Waals surface area contributed by atoms with Gasteiger partial charge in [-0.05, 0) is 26.0 Å². The molecule has 0 unspecified atom stereocenters. The molecule has 0 radical (unpaired) electrons. The predicted molar refractivity (Wildman–Crippen MR) is 55.8 cm³/mol. The third-order valence-electron chi connectivity index (χ3n) is 2.52. The first-order valence-corrected chi connectivity index (χ1v) is 4.74. The van der Waals surface area contributed by atoms with Gasteiger partial charge in [0.1, 0.15) is 11.5 Å². The van der Waals surface area contributed by atoms with Crippen LogP contribution >= 0.6 is 0 Å². The van der Waals surface area contributed by atoms with Crippen LogP contribution in [0.2, 0.25) is 0 Å². The summed E-state index contributed by atoms with van der Waals surface area (Å²) < 4.78 is 27.2. The maximum Gasteiger partial charge on any atom is 0.274 e. The zero-order chi connectivity index (χ0) is 11.9. The van der Waals surface area contributed by atoms with Crippen LogP contribution in [0, 0.1) is 25.5 Å². The minimum absolute atomic E-state index is 0.0163. The van der Waals surface area contributed by atoms with Gasteiger partial charge in [-0.15, -0.1) is 0 Å². The largest absolute Gasteiger partial charge is 0.295 e. The van der Waals surface area contributed by atoms with Gasteiger partial charge in [0.05, 0.1) is 0 Å². The Morgan fingerprint density at radius 3 is 2.44 bits per heavy atom. The van der Waals surface area contributed by atoms with Crippen molar-refractivity contribution in [2.24, 2.45) is 0 Å². The fraction of sp³-hybridized carbons (Fsp3) is 0.182. The molecule has 0 atom stereocenters. The number of halogens is 2. The average Bonchev–Trinajstić information content (AvgIpc) is 2.46. The Kier molecular flexibility index (Phi) is 2.38. The molecule has 0 fully saturated rings. The van der Waals surface area contributed by atoms with Gasteiger partial charge >= 0.3 is 0 Å². The SMILES string of the molecule is Cc1[nH]n(-c2ccc(F)cc2F)c(=O)c1C. The number of aryl methyl sites for hydroxylation is 1. The first-order chi connectivity index (χ1) is 7.50. The first kappa shape index (κ1) is 10.6. The van der Waals surface area contributed by atoms with Crippen molar-refractivity contribution in [1.29, 1.82) is 0 Å². The van der Waals surface area contributed by atoms with E-state index in [0.717, 1.165) is 16.8 Å². The van der Waals surface area contributed by atoms with Crippen LogP contribution in [-0.4, -0.2) is 9.78 Å². The topological polar surface area (TPSA) is 37.8 Å². The molecule has 0 aliphatic heterocycles. The minimum Gasteiger partial charge on any atom is -0.295 e. The van der Waals surface area contributed by atoms with Gasteiger partial charge in [0.2, 0.25) is 0 Å². The number of aromatic amines is 1. The molecule has 0 saturated heterocycles. The molecule has 0 spiro atoms. The number of hydrogen-bond donors (Lipinski definition) is 1. The van der Waals surface area contributed by atoms with E-state index in [-0.39, 0.29) is 11.2 Å². The third-order valence-corrected chi connectivity index (χ3v) is 2.52. The summed E-state index contributed by atoms with van der Waals surface area (Å²) in [7, 11) is 0. The van der Waals surface area contributed by atoms with Crippen molar-refractivity contribution in [2.45, 2.75) is 13.8 Å². The molecular weight excluding hydrogens is 214 g/mol. The Bertz CT molecular complexity index is 599. The van der Waals surface area contributed by atoms with Crippen molar-refractivity contribution in [3.8, 4) is 5.69 Å². The lowest BCUT2D eigenvalue weighted by atomic mass is 10.3. The third kappa shape index (κ3) is 1.54. The van der Waals surface area contributed by atoms with Gasteiger partial charge in [-0.1, -0.05) is 0 Å². The number of rotatable bonds is 1. The Balaban J connectivity index is 2.68. The number of benzene rings is 1. The van der Waals surface area contributed by atoms with E-state index in [9.17, 15) is 13.6 Å². The zero-order valence-electron chi connectivity index (χ0n) is 8.84. The van der Waals surface area contributed by atoms with E-state index in [1.807, 2.05) is 0 Å². The molecule has 0 aliphatic rings. The summed E-state index contributed by atoms with van der Waals surface area (Å²) in [5, 5.41) is 2.73. The summed E-state index contributed by atoms with van der Waals surface area (Å²) in [6.07, 6.45) is 0. The zero-order valence-corrected chi connectivity index (χ0v) is 8.84. The van der Waals surface area contributed by atoms with Gasteiger partial charge < -0.3 is 0 Å². The lowest BCUT2D eigenvalue weighted by Gasteiger charge is -2.02. The molecule has 0 saturated carbocycles. The Morgan fingerprint density at radius 1 is 1.25 bits per heavy atom. The molecule has 5 heteroatoms. The molecule has 3 nitrogen and oxygen atoms in total. The van der Waals surface area contributed by atoms with Gasteiger partial charge in [0.15, 0.2) is 5.82 Å². The monoisotopic (exact) mass is 224 g/mol. The maximum atomic E-state index is 13.4. The number of nitrogens with one attached hydrogen (secondary N) is 1. The van der Waals surface area contributed by atoms with Crippen LogP contribution in [0.3, 0.4) is 0 Å². The number of H-pyrrole nitrogens is 1. The van der Waals surface area contributed by atoms with Crippen LogP contribution in [0.1, 0.15) is 11.3 Å². The highest BCUT2D eigenvalue weighted by molar-refractivity contribution is 5.34. The minimum atomic E-state index is -0.775. The van der Waals surface area contributed by atoms with E-state index in [1.54, 1.807) is 13.8 Å². The van der Waals surface area contributed by atoms with Crippen LogP contribution in [0.5, 0.6) is 0 Å². The molecule has 16 heavy (non-hydrogen) atoms. The van der Waals surface area contributed by atoms with Gasteiger partial charge in [-0.3, -0.25) is 9.89 Å². The number of nitrogens with zero attached hydrogens (tertiary/aromatic N) is 1. The van der Waals surface area contributed by atoms with Gasteiger partial charge in [-0.25, -0.2) is 13.5 Å². The van der Waals surface area contributed by atoms with E-state index in [4.69, 9.17) is 0 Å². The van der Waals surface area contributed by atoms with Crippen LogP contribution < -0.4 is 5.56 Å². The molecule has 1 aromatic heterocycles. The van der Waals surface area contributed by atoms with E-state index >= 15 is 0 Å². The Hall–Kier alpha value is -1.91. The molecular formula is C11H10F2N2O. The van der Waals surface area contributed by atoms with E-state index < -0.39 is 11.6 Å². The molecule has 0 aliphatic carbocycles. The second kappa shape index (κ2) is 3.59. The van der Waals surface area contributed by atoms with Crippen LogP contribution in [-0.2, 0) is 0 Å². The smallest absolute Gasteiger partial charge is 0.274 e. The summed E-state index contributed by atoms with van der Waals surface area (Å²) in [5.74, 6) is -1.45. The number of hydrogen-bond acceptors (Lipinski definition) is 1. The number of aromatic nitrogens is 2. The van der Waals surface area contributed by atoms with Crippen molar-refractivity contribution in [3.05, 3.63) is 51.4 Å². The van der Waals surface area contributed by atoms with Crippen molar-refractivity contribution in [1.82, 2.24) is 9.78 Å². The lowest BCUT2D eigenvalue weighted by Crippen LogP contribution is -2.17. The van der Waals surface area contributed by atoms with E-state index in [1.165, 1.54) is 6.07 Å². The molecule has 0 amide bonds. The van der Waals surface area contributed by atoms with Crippen molar-refractivity contribution >= 4 is 0 Å². The highest BCUT2D eigenvalue weighted by atomic mass is 19.1. The highest BCUT2D eigenvalue weighted by Gasteiger charge is 2.12. The Labute approximate surface area is 90.3 Å². The molecule has 84 valence electrons. The maximum absolute atomic E-state index is 13.4. The standard InChI is InChI=1S/C11H10F2N2O/c1-6-7(2)14-15(11(6)16)10-4-3-8(12)5-9(10)13/h3-5,14H,1-2H3. The van der Waals surface area contributed by atoms with Crippen LogP contribution in [0.15, 0.2) is 23.0 Å². The van der Waals surface area contributed by atoms with E-state index in [0.29, 0.717) is 11.3 Å². The fourth-order valence-electron chi connectivity index (χ4n) is 1.46.